The van der Waals surface area contributed by atoms with Crippen LogP contribution in [0.2, 0.25) is 0 Å². The number of halogens is 3. The number of alkyl halides is 3. The Morgan fingerprint density at radius 2 is 1.93 bits per heavy atom. The van der Waals surface area contributed by atoms with E-state index in [4.69, 9.17) is 5.73 Å². The first-order valence-electron chi connectivity index (χ1n) is 4.74. The number of aryl methyl sites for hydroxylation is 1. The smallest absolute Gasteiger partial charge is 0.330 e. The molecule has 1 aromatic carbocycles. The third-order valence-electron chi connectivity index (χ3n) is 2.49. The summed E-state index contributed by atoms with van der Waals surface area (Å²) >= 11 is 0. The Balaban J connectivity index is 3.17. The van der Waals surface area contributed by atoms with Crippen molar-refractivity contribution >= 4 is 0 Å². The van der Waals surface area contributed by atoms with Gasteiger partial charge in [-0.25, -0.2) is 0 Å². The minimum atomic E-state index is -4.28. The number of rotatable bonds is 2. The van der Waals surface area contributed by atoms with Gasteiger partial charge in [-0.1, -0.05) is 19.1 Å². The minimum Gasteiger partial charge on any atom is -0.330 e. The van der Waals surface area contributed by atoms with Crippen LogP contribution in [0.4, 0.5) is 13.2 Å². The molecule has 1 aromatic rings. The Kier molecular flexibility index (Phi) is 3.39. The average molecular weight is 217 g/mol. The van der Waals surface area contributed by atoms with Gasteiger partial charge >= 0.3 is 6.18 Å². The van der Waals surface area contributed by atoms with Crippen molar-refractivity contribution in [2.24, 2.45) is 5.73 Å². The van der Waals surface area contributed by atoms with Crippen LogP contribution in [0.3, 0.4) is 0 Å². The lowest BCUT2D eigenvalue weighted by Gasteiger charge is -2.14. The number of hydrogen-bond donors (Lipinski definition) is 1. The van der Waals surface area contributed by atoms with Crippen LogP contribution in [0.1, 0.15) is 29.5 Å². The van der Waals surface area contributed by atoms with E-state index in [1.54, 1.807) is 6.07 Å². The first-order valence-corrected chi connectivity index (χ1v) is 4.74. The highest BCUT2D eigenvalue weighted by molar-refractivity contribution is 5.34. The fourth-order valence-corrected chi connectivity index (χ4v) is 1.39. The SMILES string of the molecule is Cc1ccc(C(C)CN)cc1C(F)(F)F. The summed E-state index contributed by atoms with van der Waals surface area (Å²) in [5.41, 5.74) is 5.73. The molecule has 0 fully saturated rings. The molecule has 0 aliphatic rings. The summed E-state index contributed by atoms with van der Waals surface area (Å²) < 4.78 is 37.7. The van der Waals surface area contributed by atoms with E-state index in [1.165, 1.54) is 19.1 Å². The molecular formula is C11H14F3N. The molecule has 15 heavy (non-hydrogen) atoms. The second-order valence-corrected chi connectivity index (χ2v) is 3.71. The molecule has 84 valence electrons. The van der Waals surface area contributed by atoms with E-state index in [0.29, 0.717) is 12.1 Å². The van der Waals surface area contributed by atoms with Crippen LogP contribution in [0.5, 0.6) is 0 Å². The van der Waals surface area contributed by atoms with Gasteiger partial charge in [0.05, 0.1) is 5.56 Å². The second kappa shape index (κ2) is 4.23. The molecule has 1 rings (SSSR count). The highest BCUT2D eigenvalue weighted by Crippen LogP contribution is 2.33. The fourth-order valence-electron chi connectivity index (χ4n) is 1.39. The van der Waals surface area contributed by atoms with Crippen LogP contribution in [0.25, 0.3) is 0 Å². The van der Waals surface area contributed by atoms with Crippen LogP contribution < -0.4 is 5.73 Å². The van der Waals surface area contributed by atoms with Gasteiger partial charge < -0.3 is 5.73 Å². The quantitative estimate of drug-likeness (QED) is 0.809. The zero-order valence-electron chi connectivity index (χ0n) is 8.73. The molecular weight excluding hydrogens is 203 g/mol. The standard InChI is InChI=1S/C11H14F3N/c1-7-3-4-9(8(2)6-15)5-10(7)11(12,13)14/h3-5,8H,6,15H2,1-2H3. The molecule has 0 saturated carbocycles. The van der Waals surface area contributed by atoms with Crippen molar-refractivity contribution in [1.82, 2.24) is 0 Å². The van der Waals surface area contributed by atoms with Crippen molar-refractivity contribution in [3.05, 3.63) is 34.9 Å². The predicted molar refractivity (Wildman–Crippen MR) is 53.7 cm³/mol. The van der Waals surface area contributed by atoms with Gasteiger partial charge in [0.1, 0.15) is 0 Å². The van der Waals surface area contributed by atoms with E-state index < -0.39 is 11.7 Å². The maximum Gasteiger partial charge on any atom is 0.416 e. The number of benzene rings is 1. The van der Waals surface area contributed by atoms with Crippen molar-refractivity contribution < 1.29 is 13.2 Å². The molecule has 0 saturated heterocycles. The monoisotopic (exact) mass is 217 g/mol. The largest absolute Gasteiger partial charge is 0.416 e. The van der Waals surface area contributed by atoms with Gasteiger partial charge in [0.2, 0.25) is 0 Å². The molecule has 1 atom stereocenters. The fraction of sp³-hybridized carbons (Fsp3) is 0.455. The maximum absolute atomic E-state index is 12.6. The second-order valence-electron chi connectivity index (χ2n) is 3.71. The summed E-state index contributed by atoms with van der Waals surface area (Å²) in [5.74, 6) is -0.0494. The number of nitrogens with two attached hydrogens (primary N) is 1. The van der Waals surface area contributed by atoms with Gasteiger partial charge in [0, 0.05) is 0 Å². The summed E-state index contributed by atoms with van der Waals surface area (Å²) in [6.45, 7) is 3.62. The third kappa shape index (κ3) is 2.72. The zero-order valence-corrected chi connectivity index (χ0v) is 8.73. The van der Waals surface area contributed by atoms with Gasteiger partial charge in [-0.3, -0.25) is 0 Å². The average Bonchev–Trinajstić information content (AvgIpc) is 2.15. The lowest BCUT2D eigenvalue weighted by Crippen LogP contribution is -2.12. The Bertz CT molecular complexity index is 344. The first kappa shape index (κ1) is 12.0. The Labute approximate surface area is 87.1 Å². The highest BCUT2D eigenvalue weighted by Gasteiger charge is 2.32. The van der Waals surface area contributed by atoms with Crippen LogP contribution in [-0.2, 0) is 6.18 Å². The van der Waals surface area contributed by atoms with Gasteiger partial charge in [0.15, 0.2) is 0 Å². The minimum absolute atomic E-state index is 0.0494. The van der Waals surface area contributed by atoms with Gasteiger partial charge in [-0.2, -0.15) is 13.2 Å². The van der Waals surface area contributed by atoms with Crippen molar-refractivity contribution in [2.45, 2.75) is 25.9 Å². The molecule has 0 aromatic heterocycles. The summed E-state index contributed by atoms with van der Waals surface area (Å²) in [7, 11) is 0. The normalized spacial score (nSPS) is 14.0. The molecule has 0 aliphatic heterocycles. The van der Waals surface area contributed by atoms with Crippen LogP contribution in [0.15, 0.2) is 18.2 Å². The molecule has 0 spiro atoms. The van der Waals surface area contributed by atoms with E-state index in [-0.39, 0.29) is 11.5 Å². The molecule has 0 radical (unpaired) electrons. The molecule has 0 bridgehead atoms. The van der Waals surface area contributed by atoms with Crippen LogP contribution in [0, 0.1) is 6.92 Å². The molecule has 0 aliphatic carbocycles. The topological polar surface area (TPSA) is 26.0 Å². The van der Waals surface area contributed by atoms with Crippen molar-refractivity contribution in [3.63, 3.8) is 0 Å². The van der Waals surface area contributed by atoms with Crippen LogP contribution in [-0.4, -0.2) is 6.54 Å². The van der Waals surface area contributed by atoms with E-state index in [0.717, 1.165) is 0 Å². The highest BCUT2D eigenvalue weighted by atomic mass is 19.4. The lowest BCUT2D eigenvalue weighted by molar-refractivity contribution is -0.138. The molecule has 4 heteroatoms. The lowest BCUT2D eigenvalue weighted by atomic mass is 9.96. The van der Waals surface area contributed by atoms with Crippen molar-refractivity contribution in [2.75, 3.05) is 6.54 Å². The third-order valence-corrected chi connectivity index (χ3v) is 2.49. The molecule has 1 unspecified atom stereocenters. The zero-order chi connectivity index (χ0) is 11.6. The summed E-state index contributed by atoms with van der Waals surface area (Å²) in [4.78, 5) is 0. The van der Waals surface area contributed by atoms with Gasteiger partial charge in [0.25, 0.3) is 0 Å². The van der Waals surface area contributed by atoms with E-state index in [2.05, 4.69) is 0 Å². The summed E-state index contributed by atoms with van der Waals surface area (Å²) in [6, 6.07) is 4.37. The summed E-state index contributed by atoms with van der Waals surface area (Å²) in [5, 5.41) is 0. The molecule has 2 N–H and O–H groups in total. The van der Waals surface area contributed by atoms with E-state index in [9.17, 15) is 13.2 Å². The molecule has 0 amide bonds. The van der Waals surface area contributed by atoms with Gasteiger partial charge in [-0.05, 0) is 36.6 Å². The number of hydrogen-bond acceptors (Lipinski definition) is 1. The Morgan fingerprint density at radius 1 is 1.33 bits per heavy atom. The maximum atomic E-state index is 12.6. The Morgan fingerprint density at radius 3 is 2.40 bits per heavy atom. The van der Waals surface area contributed by atoms with E-state index in [1.807, 2.05) is 6.92 Å². The van der Waals surface area contributed by atoms with Crippen molar-refractivity contribution in [1.29, 1.82) is 0 Å². The van der Waals surface area contributed by atoms with Crippen molar-refractivity contribution in [3.8, 4) is 0 Å². The Hall–Kier alpha value is -1.03. The summed E-state index contributed by atoms with van der Waals surface area (Å²) in [6.07, 6.45) is -4.28. The molecule has 0 heterocycles. The van der Waals surface area contributed by atoms with E-state index >= 15 is 0 Å². The first-order chi connectivity index (χ1) is 6.86. The van der Waals surface area contributed by atoms with Crippen LogP contribution >= 0.6 is 0 Å². The predicted octanol–water partition coefficient (Wildman–Crippen LogP) is 3.08. The van der Waals surface area contributed by atoms with Gasteiger partial charge in [-0.15, -0.1) is 0 Å². The molecule has 1 nitrogen and oxygen atoms in total.